The Morgan fingerprint density at radius 2 is 1.80 bits per heavy atom. The van der Waals surface area contributed by atoms with E-state index in [9.17, 15) is 5.11 Å². The number of nitrogens with one attached hydrogen (secondary N) is 1. The molecule has 8 nitrogen and oxygen atoms in total. The van der Waals surface area contributed by atoms with Crippen molar-refractivity contribution in [2.75, 3.05) is 57.4 Å². The Morgan fingerprint density at radius 3 is 2.48 bits per heavy atom. The average Bonchev–Trinajstić information content (AvgIpc) is 3.33. The summed E-state index contributed by atoms with van der Waals surface area (Å²) in [4.78, 5) is 13.7. The predicted molar refractivity (Wildman–Crippen MR) is 179 cm³/mol. The van der Waals surface area contributed by atoms with Crippen molar-refractivity contribution in [3.8, 4) is 18.4 Å². The van der Waals surface area contributed by atoms with Gasteiger partial charge in [0.25, 0.3) is 0 Å². The Balaban J connectivity index is 1.14. The number of nitrogens with zero attached hydrogens (tertiary/aromatic N) is 4. The summed E-state index contributed by atoms with van der Waals surface area (Å²) in [6.45, 7) is 5.92. The molecule has 2 bridgehead atoms. The highest BCUT2D eigenvalue weighted by molar-refractivity contribution is 5.92. The Bertz CT molecular complexity index is 1850. The minimum atomic E-state index is -4.90. The van der Waals surface area contributed by atoms with E-state index in [2.05, 4.69) is 21.1 Å². The number of hydrogen-bond acceptors (Lipinski definition) is 8. The molecule has 2 N–H and O–H groups in total. The zero-order chi connectivity index (χ0) is 34.4. The van der Waals surface area contributed by atoms with Crippen molar-refractivity contribution in [1.82, 2.24) is 20.2 Å². The Morgan fingerprint density at radius 1 is 1.06 bits per heavy atom. The molecular weight excluding hydrogens is 650 g/mol. The van der Waals surface area contributed by atoms with Gasteiger partial charge in [0.1, 0.15) is 11.3 Å². The number of ether oxygens (including phenoxy) is 2. The maximum Gasteiger partial charge on any atom is 0.416 e. The van der Waals surface area contributed by atoms with E-state index < -0.39 is 35.1 Å². The third-order valence-corrected chi connectivity index (χ3v) is 12.1. The fourth-order valence-corrected chi connectivity index (χ4v) is 9.50. The summed E-state index contributed by atoms with van der Waals surface area (Å²) >= 11 is 0. The van der Waals surface area contributed by atoms with Crippen molar-refractivity contribution in [3.05, 3.63) is 57.9 Å². The molecule has 50 heavy (non-hydrogen) atoms. The van der Waals surface area contributed by atoms with Gasteiger partial charge in [0.05, 0.1) is 31.5 Å². The van der Waals surface area contributed by atoms with Crippen molar-refractivity contribution in [1.29, 1.82) is 0 Å². The van der Waals surface area contributed by atoms with Crippen LogP contribution in [0.3, 0.4) is 0 Å². The number of aromatic nitrogens is 2. The number of hydrogen-bond donors (Lipinski definition) is 2. The number of aliphatic hydroxyl groups is 1. The van der Waals surface area contributed by atoms with Crippen molar-refractivity contribution in [3.63, 3.8) is 0 Å². The standard InChI is InChI=1S/C38H41F4N5O3/c1-2-21-4-3-5-22-10-27(48)11-28(31(21)22)32-30(38(40,41)42)12-29-34(33(32)39)44-36(45-35(29)47-15-25-6-7-26(16-47)43-25)50-20-37(8-9-37)19-46-13-23-17-49-18-24(23)14-46/h1,3-5,12,23-28,43,48H,6-11,13-20H2/t23-,24-,25?,26?,27?,28?/m0/s1. The first kappa shape index (κ1) is 32.4. The van der Waals surface area contributed by atoms with Crippen LogP contribution < -0.4 is 15.0 Å². The number of alkyl halides is 3. The normalized spacial score (nSPS) is 30.0. The first-order chi connectivity index (χ1) is 24.1. The first-order valence-corrected chi connectivity index (χ1v) is 17.9. The van der Waals surface area contributed by atoms with Gasteiger partial charge in [-0.25, -0.2) is 4.39 Å². The van der Waals surface area contributed by atoms with Crippen LogP contribution in [0.5, 0.6) is 6.01 Å². The van der Waals surface area contributed by atoms with Crippen LogP contribution in [-0.2, 0) is 17.3 Å². The van der Waals surface area contributed by atoms with Gasteiger partial charge in [-0.15, -0.1) is 6.42 Å². The van der Waals surface area contributed by atoms with Crippen LogP contribution in [-0.4, -0.2) is 90.7 Å². The fraction of sp³-hybridized carbons (Fsp3) is 0.579. The van der Waals surface area contributed by atoms with E-state index in [-0.39, 0.29) is 53.1 Å². The molecule has 2 aliphatic carbocycles. The molecule has 6 atom stereocenters. The molecular formula is C38H41F4N5O3. The van der Waals surface area contributed by atoms with E-state index in [1.165, 1.54) is 0 Å². The average molecular weight is 692 g/mol. The number of likely N-dealkylation sites (tertiary alicyclic amines) is 1. The summed E-state index contributed by atoms with van der Waals surface area (Å²) in [5.74, 6) is 1.77. The minimum Gasteiger partial charge on any atom is -0.463 e. The van der Waals surface area contributed by atoms with Gasteiger partial charge in [-0.05, 0) is 61.8 Å². The van der Waals surface area contributed by atoms with Gasteiger partial charge in [-0.2, -0.15) is 23.1 Å². The smallest absolute Gasteiger partial charge is 0.416 e. The lowest BCUT2D eigenvalue weighted by Gasteiger charge is -2.35. The number of fused-ring (bicyclic) bond motifs is 5. The number of terminal acetylenes is 1. The lowest BCUT2D eigenvalue weighted by molar-refractivity contribution is -0.138. The monoisotopic (exact) mass is 691 g/mol. The van der Waals surface area contributed by atoms with Gasteiger partial charge in [-0.3, -0.25) is 0 Å². The molecule has 0 spiro atoms. The maximum atomic E-state index is 17.2. The number of piperazine rings is 1. The Hall–Kier alpha value is -3.50. The van der Waals surface area contributed by atoms with Gasteiger partial charge in [0.15, 0.2) is 5.82 Å². The van der Waals surface area contributed by atoms with Crippen LogP contribution in [0.25, 0.3) is 10.9 Å². The lowest BCUT2D eigenvalue weighted by atomic mass is 9.74. The fourth-order valence-electron chi connectivity index (χ4n) is 9.50. The number of benzene rings is 2. The van der Waals surface area contributed by atoms with Crippen LogP contribution in [0, 0.1) is 35.4 Å². The van der Waals surface area contributed by atoms with Gasteiger partial charge in [0.2, 0.25) is 0 Å². The van der Waals surface area contributed by atoms with Crippen LogP contribution in [0.1, 0.15) is 65.8 Å². The molecule has 1 aromatic heterocycles. The molecule has 0 radical (unpaired) electrons. The highest BCUT2D eigenvalue weighted by Crippen LogP contribution is 2.50. The van der Waals surface area contributed by atoms with Gasteiger partial charge in [-0.1, -0.05) is 18.1 Å². The van der Waals surface area contributed by atoms with E-state index in [1.54, 1.807) is 18.2 Å². The molecule has 12 heteroatoms. The van der Waals surface area contributed by atoms with Crippen molar-refractivity contribution in [2.24, 2.45) is 17.3 Å². The molecule has 264 valence electrons. The molecule has 4 aliphatic heterocycles. The molecule has 1 saturated carbocycles. The summed E-state index contributed by atoms with van der Waals surface area (Å²) < 4.78 is 74.5. The second-order valence-electron chi connectivity index (χ2n) is 15.6. The third-order valence-electron chi connectivity index (χ3n) is 12.1. The van der Waals surface area contributed by atoms with Gasteiger partial charge in [0, 0.05) is 84.5 Å². The summed E-state index contributed by atoms with van der Waals surface area (Å²) in [5.41, 5.74) is -0.481. The highest BCUT2D eigenvalue weighted by Gasteiger charge is 2.48. The first-order valence-electron chi connectivity index (χ1n) is 17.9. The highest BCUT2D eigenvalue weighted by atomic mass is 19.4. The molecule has 6 aliphatic rings. The Labute approximate surface area is 288 Å². The topological polar surface area (TPSA) is 83.0 Å². The molecule has 3 aromatic rings. The zero-order valence-corrected chi connectivity index (χ0v) is 27.8. The molecule has 5 heterocycles. The molecule has 2 aromatic carbocycles. The largest absolute Gasteiger partial charge is 0.463 e. The van der Waals surface area contributed by atoms with Crippen LogP contribution in [0.2, 0.25) is 0 Å². The summed E-state index contributed by atoms with van der Waals surface area (Å²) in [5, 5.41) is 14.4. The van der Waals surface area contributed by atoms with Crippen LogP contribution in [0.15, 0.2) is 24.3 Å². The van der Waals surface area contributed by atoms with Crippen molar-refractivity contribution < 1.29 is 32.1 Å². The van der Waals surface area contributed by atoms with Gasteiger partial charge < -0.3 is 29.7 Å². The van der Waals surface area contributed by atoms with Crippen LogP contribution >= 0.6 is 0 Å². The maximum absolute atomic E-state index is 17.2. The Kier molecular flexibility index (Phi) is 7.81. The quantitative estimate of drug-likeness (QED) is 0.268. The summed E-state index contributed by atoms with van der Waals surface area (Å²) in [7, 11) is 0. The number of halogens is 4. The van der Waals surface area contributed by atoms with Gasteiger partial charge >= 0.3 is 12.2 Å². The van der Waals surface area contributed by atoms with Crippen molar-refractivity contribution in [2.45, 2.75) is 68.8 Å². The van der Waals surface area contributed by atoms with Crippen molar-refractivity contribution >= 4 is 16.7 Å². The number of rotatable bonds is 7. The van der Waals surface area contributed by atoms with E-state index in [0.29, 0.717) is 48.2 Å². The number of aliphatic hydroxyl groups excluding tert-OH is 1. The molecule has 0 amide bonds. The van der Waals surface area contributed by atoms with E-state index >= 15 is 17.6 Å². The molecule has 5 fully saturated rings. The second-order valence-corrected chi connectivity index (χ2v) is 15.6. The molecule has 4 unspecified atom stereocenters. The van der Waals surface area contributed by atoms with Crippen LogP contribution in [0.4, 0.5) is 23.4 Å². The lowest BCUT2D eigenvalue weighted by Crippen LogP contribution is -2.51. The third kappa shape index (κ3) is 5.70. The molecule has 4 saturated heterocycles. The summed E-state index contributed by atoms with van der Waals surface area (Å²) in [6.07, 6.45) is 3.96. The summed E-state index contributed by atoms with van der Waals surface area (Å²) in [6, 6.07) is 6.40. The zero-order valence-electron chi connectivity index (χ0n) is 27.8. The predicted octanol–water partition coefficient (Wildman–Crippen LogP) is 4.89. The second kappa shape index (κ2) is 12.0. The van der Waals surface area contributed by atoms with E-state index in [0.717, 1.165) is 64.6 Å². The van der Waals surface area contributed by atoms with E-state index in [4.69, 9.17) is 20.9 Å². The number of anilines is 1. The SMILES string of the molecule is C#Cc1cccc2c1C(c1c(C(F)(F)F)cc3c(N4CC5CCC(C4)N5)nc(OCC4(CN5C[C@H]6COC[C@@H]6C5)CC4)nc3c1F)CC(O)C2. The molecule has 9 rings (SSSR count). The van der Waals surface area contributed by atoms with E-state index in [1.807, 2.05) is 4.90 Å². The minimum absolute atomic E-state index is 0.000928.